The molecule has 0 saturated heterocycles. The van der Waals surface area contributed by atoms with Gasteiger partial charge in [0, 0.05) is 47.2 Å². The molecule has 0 saturated carbocycles. The Hall–Kier alpha value is -3.34. The Balaban J connectivity index is 1.50. The maximum Gasteiger partial charge on any atom is 0.310 e. The van der Waals surface area contributed by atoms with E-state index in [2.05, 4.69) is 29.0 Å². The number of aliphatic imine (C=N–C) groups is 1. The first-order valence-corrected chi connectivity index (χ1v) is 10.3. The standard InChI is InChI=1S/C25H23N3O2/c1-15-4-3-5-22(28-15)16(2)23-12-19-11-21-20(10-18(19)13-24(29)30-23)14-27-25(21)17-6-8-26-9-7-17/h3-11,16,23H,12-14H2,1-2H3/t16-,23?/m0/s1. The predicted octanol–water partition coefficient (Wildman–Crippen LogP) is 3.95. The van der Waals surface area contributed by atoms with Gasteiger partial charge in [-0.1, -0.05) is 19.1 Å². The number of rotatable bonds is 3. The second kappa shape index (κ2) is 7.48. The average molecular weight is 397 g/mol. The van der Waals surface area contributed by atoms with Gasteiger partial charge in [-0.15, -0.1) is 0 Å². The van der Waals surface area contributed by atoms with E-state index in [1.807, 2.05) is 37.3 Å². The van der Waals surface area contributed by atoms with Crippen molar-refractivity contribution in [1.29, 1.82) is 0 Å². The number of carbonyl (C=O) groups is 1. The smallest absolute Gasteiger partial charge is 0.310 e. The molecular weight excluding hydrogens is 374 g/mol. The summed E-state index contributed by atoms with van der Waals surface area (Å²) in [6, 6.07) is 14.3. The molecule has 0 aliphatic carbocycles. The minimum atomic E-state index is -0.242. The fraction of sp³-hybridized carbons (Fsp3) is 0.280. The number of nitrogens with zero attached hydrogens (tertiary/aromatic N) is 3. The molecule has 150 valence electrons. The number of hydrogen-bond acceptors (Lipinski definition) is 5. The van der Waals surface area contributed by atoms with Crippen LogP contribution in [0.5, 0.6) is 0 Å². The molecule has 30 heavy (non-hydrogen) atoms. The molecule has 0 fully saturated rings. The highest BCUT2D eigenvalue weighted by Crippen LogP contribution is 2.32. The second-order valence-electron chi connectivity index (χ2n) is 8.08. The van der Waals surface area contributed by atoms with Gasteiger partial charge in [0.25, 0.3) is 0 Å². The van der Waals surface area contributed by atoms with Crippen LogP contribution < -0.4 is 0 Å². The third-order valence-corrected chi connectivity index (χ3v) is 6.01. The summed E-state index contributed by atoms with van der Waals surface area (Å²) in [5.41, 5.74) is 8.52. The summed E-state index contributed by atoms with van der Waals surface area (Å²) in [7, 11) is 0. The molecule has 0 radical (unpaired) electrons. The Morgan fingerprint density at radius 3 is 2.70 bits per heavy atom. The number of carbonyl (C=O) groups excluding carboxylic acids is 1. The zero-order valence-corrected chi connectivity index (χ0v) is 17.1. The number of benzene rings is 1. The quantitative estimate of drug-likeness (QED) is 0.628. The Kier molecular flexibility index (Phi) is 4.66. The van der Waals surface area contributed by atoms with Crippen molar-refractivity contribution in [1.82, 2.24) is 9.97 Å². The first kappa shape index (κ1) is 18.7. The summed E-state index contributed by atoms with van der Waals surface area (Å²) >= 11 is 0. The van der Waals surface area contributed by atoms with Crippen molar-refractivity contribution in [3.63, 3.8) is 0 Å². The lowest BCUT2D eigenvalue weighted by molar-refractivity contribution is -0.148. The van der Waals surface area contributed by atoms with E-state index in [1.165, 1.54) is 5.56 Å². The highest BCUT2D eigenvalue weighted by molar-refractivity contribution is 6.15. The van der Waals surface area contributed by atoms with Crippen LogP contribution in [-0.4, -0.2) is 27.8 Å². The van der Waals surface area contributed by atoms with Crippen LogP contribution in [0.25, 0.3) is 0 Å². The summed E-state index contributed by atoms with van der Waals surface area (Å²) in [5.74, 6) is -0.159. The summed E-state index contributed by atoms with van der Waals surface area (Å²) in [4.78, 5) is 26.1. The van der Waals surface area contributed by atoms with Gasteiger partial charge in [-0.25, -0.2) is 0 Å². The van der Waals surface area contributed by atoms with Gasteiger partial charge in [0.1, 0.15) is 6.10 Å². The number of aryl methyl sites for hydroxylation is 1. The van der Waals surface area contributed by atoms with Crippen LogP contribution in [0.15, 0.2) is 59.9 Å². The molecule has 2 aromatic heterocycles. The molecule has 5 nitrogen and oxygen atoms in total. The van der Waals surface area contributed by atoms with Gasteiger partial charge in [0.05, 0.1) is 18.7 Å². The normalized spacial score (nSPS) is 18.7. The zero-order chi connectivity index (χ0) is 20.7. The summed E-state index contributed by atoms with van der Waals surface area (Å²) in [5, 5.41) is 0. The Labute approximate surface area is 175 Å². The number of esters is 1. The van der Waals surface area contributed by atoms with Crippen molar-refractivity contribution >= 4 is 11.7 Å². The fourth-order valence-electron chi connectivity index (χ4n) is 4.36. The van der Waals surface area contributed by atoms with E-state index in [9.17, 15) is 4.79 Å². The molecule has 1 unspecified atom stereocenters. The summed E-state index contributed by atoms with van der Waals surface area (Å²) in [6.07, 6.45) is 4.32. The van der Waals surface area contributed by atoms with Crippen molar-refractivity contribution in [2.75, 3.05) is 0 Å². The maximum absolute atomic E-state index is 12.6. The first-order chi connectivity index (χ1) is 14.6. The molecule has 5 rings (SSSR count). The Morgan fingerprint density at radius 1 is 1.07 bits per heavy atom. The largest absolute Gasteiger partial charge is 0.461 e. The molecule has 2 aliphatic rings. The third kappa shape index (κ3) is 3.41. The van der Waals surface area contributed by atoms with Crippen molar-refractivity contribution in [2.24, 2.45) is 4.99 Å². The lowest BCUT2D eigenvalue weighted by Gasteiger charge is -2.23. The lowest BCUT2D eigenvalue weighted by atomic mass is 9.89. The molecule has 0 N–H and O–H groups in total. The highest BCUT2D eigenvalue weighted by atomic mass is 16.5. The fourth-order valence-corrected chi connectivity index (χ4v) is 4.36. The second-order valence-corrected chi connectivity index (χ2v) is 8.08. The van der Waals surface area contributed by atoms with Crippen LogP contribution >= 0.6 is 0 Å². The minimum Gasteiger partial charge on any atom is -0.461 e. The van der Waals surface area contributed by atoms with Crippen LogP contribution in [0.1, 0.15) is 52.0 Å². The van der Waals surface area contributed by atoms with Crippen molar-refractivity contribution in [2.45, 2.75) is 45.3 Å². The van der Waals surface area contributed by atoms with Gasteiger partial charge < -0.3 is 4.74 Å². The summed E-state index contributed by atoms with van der Waals surface area (Å²) in [6.45, 7) is 4.71. The van der Waals surface area contributed by atoms with Crippen LogP contribution in [0.4, 0.5) is 0 Å². The molecule has 1 aromatic carbocycles. The van der Waals surface area contributed by atoms with E-state index in [1.54, 1.807) is 12.4 Å². The van der Waals surface area contributed by atoms with Crippen molar-refractivity contribution in [3.8, 4) is 0 Å². The molecule has 4 heterocycles. The molecule has 0 amide bonds. The van der Waals surface area contributed by atoms with Gasteiger partial charge in [0.15, 0.2) is 0 Å². The zero-order valence-electron chi connectivity index (χ0n) is 17.1. The molecule has 2 atom stereocenters. The van der Waals surface area contributed by atoms with E-state index in [0.29, 0.717) is 19.4 Å². The Bertz CT molecular complexity index is 1150. The number of pyridine rings is 2. The van der Waals surface area contributed by atoms with E-state index < -0.39 is 0 Å². The molecule has 0 bridgehead atoms. The van der Waals surface area contributed by atoms with E-state index in [0.717, 1.165) is 39.4 Å². The van der Waals surface area contributed by atoms with Gasteiger partial charge in [-0.3, -0.25) is 19.8 Å². The Morgan fingerprint density at radius 2 is 1.90 bits per heavy atom. The van der Waals surface area contributed by atoms with Crippen LogP contribution in [0.2, 0.25) is 0 Å². The lowest BCUT2D eigenvalue weighted by Crippen LogP contribution is -2.25. The number of aromatic nitrogens is 2. The monoisotopic (exact) mass is 397 g/mol. The van der Waals surface area contributed by atoms with Crippen LogP contribution in [0, 0.1) is 6.92 Å². The topological polar surface area (TPSA) is 64.4 Å². The van der Waals surface area contributed by atoms with Gasteiger partial charge >= 0.3 is 5.97 Å². The van der Waals surface area contributed by atoms with Gasteiger partial charge in [-0.2, -0.15) is 0 Å². The highest BCUT2D eigenvalue weighted by Gasteiger charge is 2.30. The molecular formula is C25H23N3O2. The molecule has 3 aromatic rings. The minimum absolute atomic E-state index is 0.0152. The molecule has 0 spiro atoms. The SMILES string of the molecule is Cc1cccc([C@H](C)C2Cc3cc4c(cc3CC(=O)O2)CN=C4c2ccncc2)n1. The number of cyclic esters (lactones) is 1. The predicted molar refractivity (Wildman–Crippen MR) is 115 cm³/mol. The van der Waals surface area contributed by atoms with E-state index in [-0.39, 0.29) is 18.0 Å². The third-order valence-electron chi connectivity index (χ3n) is 6.01. The van der Waals surface area contributed by atoms with Crippen LogP contribution in [0.3, 0.4) is 0 Å². The average Bonchev–Trinajstić information content (AvgIpc) is 3.08. The molecule has 5 heteroatoms. The van der Waals surface area contributed by atoms with Crippen LogP contribution in [-0.2, 0) is 28.9 Å². The van der Waals surface area contributed by atoms with Crippen molar-refractivity contribution in [3.05, 3.63) is 94.1 Å². The van der Waals surface area contributed by atoms with Gasteiger partial charge in [-0.05, 0) is 53.9 Å². The number of fused-ring (bicyclic) bond motifs is 2. The summed E-state index contributed by atoms with van der Waals surface area (Å²) < 4.78 is 5.88. The molecule has 2 aliphatic heterocycles. The van der Waals surface area contributed by atoms with E-state index >= 15 is 0 Å². The van der Waals surface area contributed by atoms with Gasteiger partial charge in [0.2, 0.25) is 0 Å². The van der Waals surface area contributed by atoms with Crippen molar-refractivity contribution < 1.29 is 9.53 Å². The number of hydrogen-bond donors (Lipinski definition) is 0. The van der Waals surface area contributed by atoms with E-state index in [4.69, 9.17) is 9.73 Å². The number of ether oxygens (including phenoxy) is 1. The first-order valence-electron chi connectivity index (χ1n) is 10.3. The maximum atomic E-state index is 12.6.